The highest BCUT2D eigenvalue weighted by atomic mass is 16.5. The third kappa shape index (κ3) is 7.98. The van der Waals surface area contributed by atoms with Crippen LogP contribution < -0.4 is 25.2 Å². The molecule has 0 saturated carbocycles. The largest absolute Gasteiger partial charge is 0.488 e. The molecule has 2 N–H and O–H groups in total. The summed E-state index contributed by atoms with van der Waals surface area (Å²) >= 11 is 0. The summed E-state index contributed by atoms with van der Waals surface area (Å²) < 4.78 is 7.58. The molecular weight excluding hydrogens is 630 g/mol. The Labute approximate surface area is 292 Å². The molecule has 0 aliphatic carbocycles. The van der Waals surface area contributed by atoms with Gasteiger partial charge in [-0.3, -0.25) is 9.58 Å². The van der Waals surface area contributed by atoms with Crippen LogP contribution in [0.5, 0.6) is 5.75 Å². The molecule has 0 unspecified atom stereocenters. The summed E-state index contributed by atoms with van der Waals surface area (Å²) in [6.07, 6.45) is 11.9. The Hall–Kier alpha value is -6.03. The zero-order valence-corrected chi connectivity index (χ0v) is 28.6. The highest BCUT2D eigenvalue weighted by molar-refractivity contribution is 5.91. The number of likely N-dealkylation sites (N-methyl/N-ethyl adjacent to an activating group) is 1. The summed E-state index contributed by atoms with van der Waals surface area (Å²) in [6, 6.07) is 17.5. The number of anilines is 3. The number of pyridine rings is 2. The highest BCUT2D eigenvalue weighted by Crippen LogP contribution is 2.33. The van der Waals surface area contributed by atoms with Crippen molar-refractivity contribution in [3.63, 3.8) is 0 Å². The normalized spacial score (nSPS) is 12.7. The number of ether oxygens (including phenoxy) is 1. The Morgan fingerprint density at radius 2 is 1.86 bits per heavy atom. The third-order valence-corrected chi connectivity index (χ3v) is 8.58. The standard InChI is InChI=1S/C37H41N11O2/c1-4-9-31(12-8-15-39-36-42-23-29(19-38)34(45-36)28-18-32-35(41-22-28)46(2)16-17-50-32)48(37(49)43-20-26-10-6-5-7-11-26)33-14-13-27(21-40-33)30-24-44-47(3)25-30/h5-7,10-11,13-14,18,21-25,31H,4,8-9,12,15-17,20H2,1-3H3,(H,43,49)(H,39,42,45)/t31-/m0/s1. The summed E-state index contributed by atoms with van der Waals surface area (Å²) in [5, 5.41) is 20.5. The predicted octanol–water partition coefficient (Wildman–Crippen LogP) is 5.81. The number of urea groups is 1. The van der Waals surface area contributed by atoms with Crippen LogP contribution in [0.15, 0.2) is 79.5 Å². The zero-order valence-electron chi connectivity index (χ0n) is 28.6. The van der Waals surface area contributed by atoms with Crippen LogP contribution in [0.1, 0.15) is 43.7 Å². The number of nitrogens with one attached hydrogen (secondary N) is 2. The number of nitriles is 1. The van der Waals surface area contributed by atoms with Gasteiger partial charge in [0.15, 0.2) is 11.6 Å². The minimum Gasteiger partial charge on any atom is -0.488 e. The molecule has 1 aliphatic rings. The Balaban J connectivity index is 1.16. The SMILES string of the molecule is CCC[C@@H](CCCNc1ncc(C#N)c(-c2cnc3c(c2)OCCN3C)n1)N(C(=O)NCc1ccccc1)c1ccc(-c2cnn(C)c2)cn1. The van der Waals surface area contributed by atoms with E-state index in [0.29, 0.717) is 60.5 Å². The number of amides is 2. The first kappa shape index (κ1) is 33.9. The Kier molecular flexibility index (Phi) is 10.8. The van der Waals surface area contributed by atoms with Crippen molar-refractivity contribution in [3.8, 4) is 34.2 Å². The minimum atomic E-state index is -0.198. The quantitative estimate of drug-likeness (QED) is 0.147. The average Bonchev–Trinajstić information content (AvgIpc) is 3.59. The van der Waals surface area contributed by atoms with E-state index in [1.165, 1.54) is 6.20 Å². The van der Waals surface area contributed by atoms with Crippen LogP contribution in [0.2, 0.25) is 0 Å². The first-order valence-electron chi connectivity index (χ1n) is 16.8. The molecule has 0 fully saturated rings. The topological polar surface area (TPSA) is 150 Å². The molecule has 2 amide bonds. The van der Waals surface area contributed by atoms with Gasteiger partial charge in [-0.05, 0) is 43.0 Å². The van der Waals surface area contributed by atoms with Crippen LogP contribution in [0.3, 0.4) is 0 Å². The number of hydrogen-bond donors (Lipinski definition) is 2. The smallest absolute Gasteiger partial charge is 0.323 e. The molecule has 50 heavy (non-hydrogen) atoms. The van der Waals surface area contributed by atoms with E-state index in [1.807, 2.05) is 73.7 Å². The summed E-state index contributed by atoms with van der Waals surface area (Å²) in [5.74, 6) is 2.42. The first-order chi connectivity index (χ1) is 24.4. The number of rotatable bonds is 13. The van der Waals surface area contributed by atoms with Crippen LogP contribution in [0.25, 0.3) is 22.4 Å². The number of benzene rings is 1. The Morgan fingerprint density at radius 3 is 2.60 bits per heavy atom. The van der Waals surface area contributed by atoms with E-state index in [4.69, 9.17) is 9.72 Å². The van der Waals surface area contributed by atoms with Crippen molar-refractivity contribution < 1.29 is 9.53 Å². The first-order valence-corrected chi connectivity index (χ1v) is 16.8. The van der Waals surface area contributed by atoms with E-state index in [2.05, 4.69) is 43.7 Å². The summed E-state index contributed by atoms with van der Waals surface area (Å²) in [4.78, 5) is 36.1. The van der Waals surface area contributed by atoms with Crippen LogP contribution in [0.4, 0.5) is 22.4 Å². The lowest BCUT2D eigenvalue weighted by atomic mass is 10.0. The molecule has 0 spiro atoms. The molecule has 5 aromatic rings. The number of nitrogens with zero attached hydrogens (tertiary/aromatic N) is 9. The van der Waals surface area contributed by atoms with Gasteiger partial charge in [-0.2, -0.15) is 10.4 Å². The van der Waals surface area contributed by atoms with E-state index in [1.54, 1.807) is 28.2 Å². The van der Waals surface area contributed by atoms with Crippen molar-refractivity contribution in [2.45, 2.75) is 45.2 Å². The van der Waals surface area contributed by atoms with Crippen LogP contribution >= 0.6 is 0 Å². The molecule has 4 aromatic heterocycles. The molecule has 0 saturated heterocycles. The van der Waals surface area contributed by atoms with Crippen molar-refractivity contribution in [1.29, 1.82) is 5.26 Å². The van der Waals surface area contributed by atoms with Gasteiger partial charge in [0.05, 0.1) is 30.2 Å². The average molecular weight is 672 g/mol. The predicted molar refractivity (Wildman–Crippen MR) is 193 cm³/mol. The molecule has 0 radical (unpaired) electrons. The molecule has 1 aromatic carbocycles. The molecule has 1 aliphatic heterocycles. The third-order valence-electron chi connectivity index (χ3n) is 8.58. The lowest BCUT2D eigenvalue weighted by Crippen LogP contribution is -2.47. The van der Waals surface area contributed by atoms with Crippen LogP contribution in [-0.4, -0.2) is 68.5 Å². The van der Waals surface area contributed by atoms with Crippen LogP contribution in [0, 0.1) is 11.3 Å². The van der Waals surface area contributed by atoms with Gasteiger partial charge in [-0.25, -0.2) is 24.7 Å². The molecule has 256 valence electrons. The van der Waals surface area contributed by atoms with E-state index in [0.717, 1.165) is 48.3 Å². The summed E-state index contributed by atoms with van der Waals surface area (Å²) in [7, 11) is 3.85. The van der Waals surface area contributed by atoms with E-state index >= 15 is 0 Å². The molecular formula is C37H41N11O2. The van der Waals surface area contributed by atoms with Gasteiger partial charge in [0, 0.05) is 68.5 Å². The summed E-state index contributed by atoms with van der Waals surface area (Å²) in [5.41, 5.74) is 4.43. The number of aryl methyl sites for hydroxylation is 1. The van der Waals surface area contributed by atoms with Gasteiger partial charge < -0.3 is 20.3 Å². The van der Waals surface area contributed by atoms with Gasteiger partial charge in [0.2, 0.25) is 5.95 Å². The monoisotopic (exact) mass is 671 g/mol. The van der Waals surface area contributed by atoms with E-state index < -0.39 is 0 Å². The molecule has 13 heteroatoms. The van der Waals surface area contributed by atoms with Gasteiger partial charge in [-0.15, -0.1) is 0 Å². The van der Waals surface area contributed by atoms with Gasteiger partial charge in [0.1, 0.15) is 18.5 Å². The van der Waals surface area contributed by atoms with E-state index in [9.17, 15) is 10.1 Å². The lowest BCUT2D eigenvalue weighted by molar-refractivity contribution is 0.242. The minimum absolute atomic E-state index is 0.105. The Morgan fingerprint density at radius 1 is 1.02 bits per heavy atom. The maximum Gasteiger partial charge on any atom is 0.323 e. The maximum absolute atomic E-state index is 13.9. The number of carbonyl (C=O) groups is 1. The van der Waals surface area contributed by atoms with Crippen molar-refractivity contribution in [2.24, 2.45) is 7.05 Å². The second kappa shape index (κ2) is 15.9. The van der Waals surface area contributed by atoms with Crippen molar-refractivity contribution >= 4 is 23.6 Å². The second-order valence-corrected chi connectivity index (χ2v) is 12.2. The number of fused-ring (bicyclic) bond motifs is 1. The maximum atomic E-state index is 13.9. The second-order valence-electron chi connectivity index (χ2n) is 12.2. The zero-order chi connectivity index (χ0) is 34.9. The van der Waals surface area contributed by atoms with E-state index in [-0.39, 0.29) is 12.1 Å². The lowest BCUT2D eigenvalue weighted by Gasteiger charge is -2.31. The van der Waals surface area contributed by atoms with Crippen molar-refractivity contribution in [3.05, 3.63) is 90.6 Å². The molecule has 0 bridgehead atoms. The number of hydrogen-bond acceptors (Lipinski definition) is 10. The Bertz CT molecular complexity index is 1940. The molecule has 6 rings (SSSR count). The van der Waals surface area contributed by atoms with Crippen molar-refractivity contribution in [2.75, 3.05) is 41.9 Å². The van der Waals surface area contributed by atoms with Gasteiger partial charge >= 0.3 is 6.03 Å². The highest BCUT2D eigenvalue weighted by Gasteiger charge is 2.26. The molecule has 13 nitrogen and oxygen atoms in total. The molecule has 5 heterocycles. The summed E-state index contributed by atoms with van der Waals surface area (Å²) in [6.45, 7) is 4.41. The van der Waals surface area contributed by atoms with Crippen LogP contribution in [-0.2, 0) is 13.6 Å². The fourth-order valence-corrected chi connectivity index (χ4v) is 5.99. The van der Waals surface area contributed by atoms with Gasteiger partial charge in [0.25, 0.3) is 0 Å². The molecule has 1 atom stereocenters. The number of carbonyl (C=O) groups excluding carboxylic acids is 1. The number of aromatic nitrogens is 6. The van der Waals surface area contributed by atoms with Crippen molar-refractivity contribution in [1.82, 2.24) is 35.0 Å². The fourth-order valence-electron chi connectivity index (χ4n) is 5.99. The van der Waals surface area contributed by atoms with Gasteiger partial charge in [-0.1, -0.05) is 43.7 Å². The fraction of sp³-hybridized carbons (Fsp3) is 0.324.